The Bertz CT molecular complexity index is 246. The molecule has 0 saturated carbocycles. The molecule has 0 spiro atoms. The zero-order valence-corrected chi connectivity index (χ0v) is 7.67. The van der Waals surface area contributed by atoms with E-state index in [2.05, 4.69) is 0 Å². The highest BCUT2D eigenvalue weighted by molar-refractivity contribution is 7.87. The Morgan fingerprint density at radius 3 is 2.33 bits per heavy atom. The van der Waals surface area contributed by atoms with E-state index < -0.39 is 21.3 Å². The normalized spacial score (nSPS) is 14.2. The summed E-state index contributed by atoms with van der Waals surface area (Å²) < 4.78 is 29.6. The van der Waals surface area contributed by atoms with Gasteiger partial charge in [0.2, 0.25) is 5.91 Å². The highest BCUT2D eigenvalue weighted by Gasteiger charge is 2.27. The Labute approximate surface area is 71.7 Å². The maximum atomic E-state index is 10.5. The van der Waals surface area contributed by atoms with Gasteiger partial charge in [0.1, 0.15) is 0 Å². The Morgan fingerprint density at radius 1 is 1.58 bits per heavy atom. The highest BCUT2D eigenvalue weighted by Crippen LogP contribution is 2.08. The van der Waals surface area contributed by atoms with Crippen LogP contribution in [-0.2, 0) is 14.9 Å². The first-order valence-electron chi connectivity index (χ1n) is 3.65. The van der Waals surface area contributed by atoms with Crippen LogP contribution in [0, 0.1) is 0 Å². The van der Waals surface area contributed by atoms with Crippen molar-refractivity contribution in [2.45, 2.75) is 31.4 Å². The molecule has 0 aromatic carbocycles. The smallest absolute Gasteiger partial charge is 0.276 e. The van der Waals surface area contributed by atoms with Crippen LogP contribution in [0.15, 0.2) is 0 Å². The highest BCUT2D eigenvalue weighted by atomic mass is 32.2. The van der Waals surface area contributed by atoms with E-state index in [0.717, 1.165) is 6.42 Å². The predicted octanol–water partition coefficient (Wildman–Crippen LogP) is -0.0817. The molecule has 0 bridgehead atoms. The van der Waals surface area contributed by atoms with Crippen molar-refractivity contribution in [3.63, 3.8) is 0 Å². The summed E-state index contributed by atoms with van der Waals surface area (Å²) in [5.74, 6) is -0.994. The van der Waals surface area contributed by atoms with Crippen LogP contribution >= 0.6 is 0 Å². The molecule has 0 aliphatic carbocycles. The Kier molecular flexibility index (Phi) is 4.19. The Hall–Kier alpha value is -0.620. The number of amides is 1. The summed E-state index contributed by atoms with van der Waals surface area (Å²) in [7, 11) is -4.31. The average Bonchev–Trinajstić information content (AvgIpc) is 1.84. The first-order valence-corrected chi connectivity index (χ1v) is 5.15. The molecule has 0 radical (unpaired) electrons. The van der Waals surface area contributed by atoms with Gasteiger partial charge in [-0.1, -0.05) is 19.8 Å². The third-order valence-corrected chi connectivity index (χ3v) is 2.68. The molecule has 0 aromatic rings. The third-order valence-electron chi connectivity index (χ3n) is 1.50. The topological polar surface area (TPSA) is 97.5 Å². The fourth-order valence-electron chi connectivity index (χ4n) is 0.827. The minimum atomic E-state index is -4.31. The monoisotopic (exact) mass is 195 g/mol. The summed E-state index contributed by atoms with van der Waals surface area (Å²) >= 11 is 0. The van der Waals surface area contributed by atoms with Gasteiger partial charge in [-0.15, -0.1) is 0 Å². The molecule has 6 heteroatoms. The van der Waals surface area contributed by atoms with Crippen LogP contribution < -0.4 is 5.73 Å². The maximum Gasteiger partial charge on any atom is 0.276 e. The molecule has 0 aliphatic rings. The lowest BCUT2D eigenvalue weighted by Crippen LogP contribution is -2.35. The quantitative estimate of drug-likeness (QED) is 0.599. The lowest BCUT2D eigenvalue weighted by molar-refractivity contribution is -0.117. The number of unbranched alkanes of at least 4 members (excludes halogenated alkanes) is 1. The summed E-state index contributed by atoms with van der Waals surface area (Å²) in [6.07, 6.45) is 1.39. The second-order valence-corrected chi connectivity index (χ2v) is 4.15. The molecule has 1 unspecified atom stereocenters. The molecule has 0 rings (SSSR count). The number of carbonyl (C=O) groups is 1. The van der Waals surface area contributed by atoms with Crippen LogP contribution in [0.3, 0.4) is 0 Å². The molecule has 1 amide bonds. The van der Waals surface area contributed by atoms with Crippen molar-refractivity contribution >= 4 is 16.0 Å². The fourth-order valence-corrected chi connectivity index (χ4v) is 1.59. The van der Waals surface area contributed by atoms with Crippen LogP contribution in [0.1, 0.15) is 26.2 Å². The maximum absolute atomic E-state index is 10.5. The molecule has 1 atom stereocenters. The number of primary amides is 1. The molecule has 72 valence electrons. The zero-order valence-electron chi connectivity index (χ0n) is 6.86. The van der Waals surface area contributed by atoms with Gasteiger partial charge in [-0.25, -0.2) is 0 Å². The Morgan fingerprint density at radius 2 is 2.08 bits per heavy atom. The summed E-state index contributed by atoms with van der Waals surface area (Å²) in [4.78, 5) is 10.5. The van der Waals surface area contributed by atoms with Crippen molar-refractivity contribution in [1.29, 1.82) is 0 Å². The van der Waals surface area contributed by atoms with E-state index in [1.807, 2.05) is 6.92 Å². The van der Waals surface area contributed by atoms with Crippen molar-refractivity contribution in [2.24, 2.45) is 5.73 Å². The van der Waals surface area contributed by atoms with E-state index in [0.29, 0.717) is 6.42 Å². The van der Waals surface area contributed by atoms with Crippen LogP contribution in [0.4, 0.5) is 0 Å². The van der Waals surface area contributed by atoms with Gasteiger partial charge >= 0.3 is 0 Å². The minimum absolute atomic E-state index is 0.0880. The molecular formula is C6H13NO4S. The number of hydrogen-bond acceptors (Lipinski definition) is 3. The van der Waals surface area contributed by atoms with Gasteiger partial charge < -0.3 is 5.73 Å². The van der Waals surface area contributed by atoms with Crippen molar-refractivity contribution < 1.29 is 17.8 Å². The number of nitrogens with two attached hydrogens (primary N) is 1. The van der Waals surface area contributed by atoms with E-state index in [-0.39, 0.29) is 6.42 Å². The molecule has 0 saturated heterocycles. The van der Waals surface area contributed by atoms with Crippen LogP contribution in [0.2, 0.25) is 0 Å². The molecule has 5 nitrogen and oxygen atoms in total. The molecule has 3 N–H and O–H groups in total. The minimum Gasteiger partial charge on any atom is -0.368 e. The van der Waals surface area contributed by atoms with Crippen LogP contribution in [0.25, 0.3) is 0 Å². The second kappa shape index (κ2) is 4.42. The molecule has 0 heterocycles. The summed E-state index contributed by atoms with van der Waals surface area (Å²) in [5.41, 5.74) is 4.79. The van der Waals surface area contributed by atoms with Crippen molar-refractivity contribution in [3.8, 4) is 0 Å². The van der Waals surface area contributed by atoms with Crippen molar-refractivity contribution in [2.75, 3.05) is 0 Å². The summed E-state index contributed by atoms with van der Waals surface area (Å²) in [6, 6.07) is 0. The predicted molar refractivity (Wildman–Crippen MR) is 44.1 cm³/mol. The van der Waals surface area contributed by atoms with Gasteiger partial charge in [0.25, 0.3) is 10.1 Å². The summed E-state index contributed by atoms with van der Waals surface area (Å²) in [5, 5.41) is -1.45. The number of carbonyl (C=O) groups excluding carboxylic acids is 1. The van der Waals surface area contributed by atoms with Gasteiger partial charge in [0, 0.05) is 0 Å². The van der Waals surface area contributed by atoms with Crippen LogP contribution in [0.5, 0.6) is 0 Å². The average molecular weight is 195 g/mol. The molecular weight excluding hydrogens is 182 g/mol. The second-order valence-electron chi connectivity index (χ2n) is 2.55. The Balaban J connectivity index is 4.36. The van der Waals surface area contributed by atoms with Gasteiger partial charge in [0.15, 0.2) is 5.25 Å². The molecule has 12 heavy (non-hydrogen) atoms. The lowest BCUT2D eigenvalue weighted by atomic mass is 10.2. The SMILES string of the molecule is CCCCC(C(N)=O)S(=O)(=O)O. The fraction of sp³-hybridized carbons (Fsp3) is 0.833. The molecule has 0 aliphatic heterocycles. The van der Waals surface area contributed by atoms with E-state index in [4.69, 9.17) is 10.3 Å². The zero-order chi connectivity index (χ0) is 9.78. The third kappa shape index (κ3) is 3.68. The van der Waals surface area contributed by atoms with E-state index in [1.54, 1.807) is 0 Å². The molecule has 0 fully saturated rings. The first kappa shape index (κ1) is 11.4. The standard InChI is InChI=1S/C6H13NO4S/c1-2-3-4-5(6(7)8)12(9,10)11/h5H,2-4H2,1H3,(H2,7,8)(H,9,10,11). The van der Waals surface area contributed by atoms with Crippen LogP contribution in [-0.4, -0.2) is 24.1 Å². The number of hydrogen-bond donors (Lipinski definition) is 2. The molecule has 0 aromatic heterocycles. The van der Waals surface area contributed by atoms with E-state index in [1.165, 1.54) is 0 Å². The van der Waals surface area contributed by atoms with Gasteiger partial charge in [0.05, 0.1) is 0 Å². The van der Waals surface area contributed by atoms with Gasteiger partial charge in [-0.05, 0) is 6.42 Å². The van der Waals surface area contributed by atoms with E-state index >= 15 is 0 Å². The van der Waals surface area contributed by atoms with E-state index in [9.17, 15) is 13.2 Å². The van der Waals surface area contributed by atoms with Crippen molar-refractivity contribution in [1.82, 2.24) is 0 Å². The largest absolute Gasteiger partial charge is 0.368 e. The first-order chi connectivity index (χ1) is 5.39. The summed E-state index contributed by atoms with van der Waals surface area (Å²) in [6.45, 7) is 1.85. The van der Waals surface area contributed by atoms with Crippen molar-refractivity contribution in [3.05, 3.63) is 0 Å². The van der Waals surface area contributed by atoms with Gasteiger partial charge in [-0.3, -0.25) is 9.35 Å². The number of rotatable bonds is 5. The lowest BCUT2D eigenvalue weighted by Gasteiger charge is -2.07. The van der Waals surface area contributed by atoms with Gasteiger partial charge in [-0.2, -0.15) is 8.42 Å².